The van der Waals surface area contributed by atoms with Crippen molar-refractivity contribution in [2.45, 2.75) is 44.9 Å². The Morgan fingerprint density at radius 3 is 2.50 bits per heavy atom. The van der Waals surface area contributed by atoms with Crippen LogP contribution in [-0.4, -0.2) is 41.7 Å². The quantitative estimate of drug-likeness (QED) is 0.418. The molecule has 4 bridgehead atoms. The van der Waals surface area contributed by atoms with Crippen LogP contribution >= 0.6 is 11.6 Å². The van der Waals surface area contributed by atoms with E-state index in [0.717, 1.165) is 24.3 Å². The summed E-state index contributed by atoms with van der Waals surface area (Å²) >= 11 is 5.42. The summed E-state index contributed by atoms with van der Waals surface area (Å²) in [6, 6.07) is 5.20. The number of halogens is 1. The second-order valence-electron chi connectivity index (χ2n) is 9.58. The zero-order valence-electron chi connectivity index (χ0n) is 17.5. The van der Waals surface area contributed by atoms with Gasteiger partial charge >= 0.3 is 0 Å². The van der Waals surface area contributed by atoms with Gasteiger partial charge in [0.05, 0.1) is 17.2 Å². The van der Waals surface area contributed by atoms with Crippen molar-refractivity contribution in [2.24, 2.45) is 28.9 Å². The van der Waals surface area contributed by atoms with E-state index in [2.05, 4.69) is 5.32 Å². The summed E-state index contributed by atoms with van der Waals surface area (Å²) in [5.74, 6) is 4.19. The third-order valence-electron chi connectivity index (χ3n) is 7.10. The van der Waals surface area contributed by atoms with E-state index >= 15 is 0 Å². The van der Waals surface area contributed by atoms with Crippen LogP contribution in [0.4, 0.5) is 0 Å². The average Bonchev–Trinajstić information content (AvgIpc) is 2.70. The molecule has 1 aromatic rings. The Balaban J connectivity index is 1.30. The van der Waals surface area contributed by atoms with Gasteiger partial charge in [-0.3, -0.25) is 4.79 Å². The zero-order chi connectivity index (χ0) is 21.1. The summed E-state index contributed by atoms with van der Waals surface area (Å²) in [7, 11) is 0. The number of hydrogen-bond acceptors (Lipinski definition) is 4. The van der Waals surface area contributed by atoms with Gasteiger partial charge in [0.25, 0.3) is 5.91 Å². The maximum Gasteiger partial charge on any atom is 0.252 e. The molecule has 3 N–H and O–H groups in total. The van der Waals surface area contributed by atoms with Crippen molar-refractivity contribution in [1.82, 2.24) is 5.32 Å². The van der Waals surface area contributed by atoms with Crippen molar-refractivity contribution >= 4 is 28.7 Å². The van der Waals surface area contributed by atoms with Gasteiger partial charge in [-0.15, -0.1) is 0 Å². The number of hydrogen-bond donors (Lipinski definition) is 2. The summed E-state index contributed by atoms with van der Waals surface area (Å²) in [5.41, 5.74) is 6.18. The van der Waals surface area contributed by atoms with Gasteiger partial charge in [-0.25, -0.2) is 0 Å². The highest BCUT2D eigenvalue weighted by atomic mass is 35.5. The molecule has 1 amide bonds. The van der Waals surface area contributed by atoms with Crippen LogP contribution in [0, 0.1) is 23.2 Å². The summed E-state index contributed by atoms with van der Waals surface area (Å²) in [5, 5.41) is 3.63. The van der Waals surface area contributed by atoms with Gasteiger partial charge in [-0.1, -0.05) is 22.8 Å². The van der Waals surface area contributed by atoms with Crippen LogP contribution in [0.3, 0.4) is 0 Å². The number of nitrogens with two attached hydrogens (primary N) is 1. The van der Waals surface area contributed by atoms with Crippen molar-refractivity contribution in [3.05, 3.63) is 28.8 Å². The van der Waals surface area contributed by atoms with Crippen LogP contribution in [0.1, 0.15) is 55.3 Å². The summed E-state index contributed by atoms with van der Waals surface area (Å²) in [6.45, 7) is 1.64. The van der Waals surface area contributed by atoms with Crippen LogP contribution in [0.25, 0.3) is 0 Å². The van der Waals surface area contributed by atoms with Crippen molar-refractivity contribution in [2.75, 3.05) is 31.2 Å². The largest absolute Gasteiger partial charge is 0.616 e. The number of ether oxygens (including phenoxy) is 1. The van der Waals surface area contributed by atoms with Crippen LogP contribution in [0.2, 0.25) is 5.02 Å². The second kappa shape index (κ2) is 9.68. The highest BCUT2D eigenvalue weighted by molar-refractivity contribution is 7.91. The highest BCUT2D eigenvalue weighted by Crippen LogP contribution is 2.59. The molecule has 4 aliphatic carbocycles. The predicted octanol–water partition coefficient (Wildman–Crippen LogP) is 3.76. The first-order valence-corrected chi connectivity index (χ1v) is 13.1. The molecule has 5 nitrogen and oxygen atoms in total. The molecule has 0 aliphatic heterocycles. The first-order chi connectivity index (χ1) is 14.5. The molecular formula is C23H33ClN2O3S. The molecule has 30 heavy (non-hydrogen) atoms. The molecule has 0 radical (unpaired) electrons. The van der Waals surface area contributed by atoms with Gasteiger partial charge in [0, 0.05) is 19.5 Å². The number of nitrogens with one attached hydrogen (secondary N) is 1. The fraction of sp³-hybridized carbons (Fsp3) is 0.696. The van der Waals surface area contributed by atoms with E-state index in [0.29, 0.717) is 52.8 Å². The van der Waals surface area contributed by atoms with E-state index < -0.39 is 11.2 Å². The van der Waals surface area contributed by atoms with Crippen LogP contribution in [-0.2, 0) is 11.2 Å². The van der Waals surface area contributed by atoms with Crippen LogP contribution < -0.4 is 15.8 Å². The molecule has 1 atom stereocenters. The summed E-state index contributed by atoms with van der Waals surface area (Å²) in [6.07, 6.45) is 8.68. The van der Waals surface area contributed by atoms with Gasteiger partial charge in [0.2, 0.25) is 0 Å². The third kappa shape index (κ3) is 5.26. The molecule has 1 unspecified atom stereocenters. The molecule has 4 saturated carbocycles. The van der Waals surface area contributed by atoms with Gasteiger partial charge in [0.15, 0.2) is 0 Å². The third-order valence-corrected chi connectivity index (χ3v) is 8.87. The van der Waals surface area contributed by atoms with E-state index in [1.54, 1.807) is 18.2 Å². The lowest BCUT2D eigenvalue weighted by atomic mass is 9.49. The fourth-order valence-electron chi connectivity index (χ4n) is 6.28. The van der Waals surface area contributed by atoms with E-state index in [1.807, 2.05) is 0 Å². The van der Waals surface area contributed by atoms with Gasteiger partial charge < -0.3 is 20.3 Å². The van der Waals surface area contributed by atoms with Crippen molar-refractivity contribution in [1.29, 1.82) is 0 Å². The Hall–Kier alpha value is -0.950. The molecule has 0 saturated heterocycles. The predicted molar refractivity (Wildman–Crippen MR) is 121 cm³/mol. The lowest BCUT2D eigenvalue weighted by Crippen LogP contribution is -2.51. The zero-order valence-corrected chi connectivity index (χ0v) is 19.1. The van der Waals surface area contributed by atoms with E-state index in [1.165, 1.54) is 38.5 Å². The normalized spacial score (nSPS) is 30.3. The molecule has 4 aliphatic rings. The lowest BCUT2D eigenvalue weighted by molar-refractivity contribution is -0.0503. The van der Waals surface area contributed by atoms with E-state index in [9.17, 15) is 9.35 Å². The number of carbonyl (C=O) groups is 1. The maximum atomic E-state index is 12.9. The summed E-state index contributed by atoms with van der Waals surface area (Å²) in [4.78, 5) is 12.9. The van der Waals surface area contributed by atoms with Crippen molar-refractivity contribution in [3.8, 4) is 5.75 Å². The molecule has 0 aromatic heterocycles. The Labute approximate surface area is 187 Å². The van der Waals surface area contributed by atoms with Gasteiger partial charge in [-0.2, -0.15) is 0 Å². The number of benzene rings is 1. The molecule has 5 rings (SSSR count). The topological polar surface area (TPSA) is 87.4 Å². The molecule has 1 aromatic carbocycles. The molecular weight excluding hydrogens is 420 g/mol. The first-order valence-electron chi connectivity index (χ1n) is 11.2. The van der Waals surface area contributed by atoms with Gasteiger partial charge in [-0.05, 0) is 79.9 Å². The first kappa shape index (κ1) is 22.3. The Morgan fingerprint density at radius 2 is 1.87 bits per heavy atom. The minimum atomic E-state index is -0.891. The highest BCUT2D eigenvalue weighted by Gasteiger charge is 2.50. The van der Waals surface area contributed by atoms with Crippen molar-refractivity contribution < 1.29 is 14.1 Å². The number of rotatable bonds is 10. The SMILES string of the molecule is NCC[S+]([O-])CCCOc1ccc(Cl)c(C(=O)NCC23CC4CC(CC(C4)C2)C3)c1. The van der Waals surface area contributed by atoms with Gasteiger partial charge in [0.1, 0.15) is 17.3 Å². The Bertz CT molecular complexity index is 725. The fourth-order valence-corrected chi connectivity index (χ4v) is 7.39. The van der Waals surface area contributed by atoms with Crippen molar-refractivity contribution in [3.63, 3.8) is 0 Å². The van der Waals surface area contributed by atoms with Crippen LogP contribution in [0.5, 0.6) is 5.75 Å². The minimum Gasteiger partial charge on any atom is -0.616 e. The minimum absolute atomic E-state index is 0.120. The molecule has 0 heterocycles. The number of carbonyl (C=O) groups excluding carboxylic acids is 1. The molecule has 7 heteroatoms. The Morgan fingerprint density at radius 1 is 1.20 bits per heavy atom. The average molecular weight is 453 g/mol. The molecule has 4 fully saturated rings. The van der Waals surface area contributed by atoms with Crippen LogP contribution in [0.15, 0.2) is 18.2 Å². The molecule has 0 spiro atoms. The lowest BCUT2D eigenvalue weighted by Gasteiger charge is -2.56. The summed E-state index contributed by atoms with van der Waals surface area (Å²) < 4.78 is 17.4. The second-order valence-corrected chi connectivity index (χ2v) is 11.7. The standard InChI is InChI=1S/C23H33ClN2O3S/c24-21-3-2-19(29-5-1-6-30(28)7-4-25)11-20(21)22(27)26-15-23-12-16-8-17(13-23)10-18(9-16)14-23/h2-3,11,16-18H,1,4-10,12-15,25H2,(H,26,27). The smallest absolute Gasteiger partial charge is 0.252 e. The number of amides is 1. The van der Waals surface area contributed by atoms with E-state index in [-0.39, 0.29) is 5.91 Å². The Kier molecular flexibility index (Phi) is 7.18. The maximum absolute atomic E-state index is 12.9. The molecule has 166 valence electrons. The monoisotopic (exact) mass is 452 g/mol. The van der Waals surface area contributed by atoms with E-state index in [4.69, 9.17) is 22.1 Å².